The minimum atomic E-state index is 0.373. The molecule has 0 saturated heterocycles. The summed E-state index contributed by atoms with van der Waals surface area (Å²) in [5, 5.41) is 3.98. The van der Waals surface area contributed by atoms with Crippen molar-refractivity contribution in [2.24, 2.45) is 0 Å². The Bertz CT molecular complexity index is 311. The number of hydrogen-bond acceptors (Lipinski definition) is 2. The Morgan fingerprint density at radius 2 is 2.07 bits per heavy atom. The molecular formula is C11H17N3S. The van der Waals surface area contributed by atoms with E-state index in [2.05, 4.69) is 24.1 Å². The van der Waals surface area contributed by atoms with Gasteiger partial charge in [0, 0.05) is 32.0 Å². The molecule has 15 heavy (non-hydrogen) atoms. The van der Waals surface area contributed by atoms with Crippen LogP contribution in [0.25, 0.3) is 0 Å². The molecule has 82 valence electrons. The van der Waals surface area contributed by atoms with E-state index < -0.39 is 0 Å². The summed E-state index contributed by atoms with van der Waals surface area (Å²) in [5.74, 6) is 0. The van der Waals surface area contributed by atoms with Crippen molar-refractivity contribution in [1.82, 2.24) is 15.2 Å². The monoisotopic (exact) mass is 223 g/mol. The number of rotatable bonds is 3. The first-order valence-corrected chi connectivity index (χ1v) is 5.41. The van der Waals surface area contributed by atoms with Crippen LogP contribution < -0.4 is 5.32 Å². The van der Waals surface area contributed by atoms with Crippen LogP contribution in [0.15, 0.2) is 24.5 Å². The van der Waals surface area contributed by atoms with Crippen LogP contribution >= 0.6 is 12.2 Å². The predicted octanol–water partition coefficient (Wildman–Crippen LogP) is 1.80. The predicted molar refractivity (Wildman–Crippen MR) is 66.6 cm³/mol. The standard InChI is InChI=1S/C11H17N3S/c1-9(2)13-11(15)14(3)8-10-4-6-12-7-5-10/h4-7,9H,8H2,1-3H3,(H,13,15). The second-order valence-electron chi connectivity index (χ2n) is 3.82. The van der Waals surface area contributed by atoms with Gasteiger partial charge in [-0.2, -0.15) is 0 Å². The van der Waals surface area contributed by atoms with E-state index in [1.807, 2.05) is 24.1 Å². The van der Waals surface area contributed by atoms with E-state index in [1.165, 1.54) is 5.56 Å². The Kier molecular flexibility index (Phi) is 4.49. The summed E-state index contributed by atoms with van der Waals surface area (Å²) in [6.07, 6.45) is 3.59. The maximum Gasteiger partial charge on any atom is 0.169 e. The summed E-state index contributed by atoms with van der Waals surface area (Å²) >= 11 is 5.25. The van der Waals surface area contributed by atoms with Crippen LogP contribution in [-0.2, 0) is 6.54 Å². The molecule has 0 saturated carbocycles. The van der Waals surface area contributed by atoms with E-state index in [0.717, 1.165) is 11.7 Å². The highest BCUT2D eigenvalue weighted by molar-refractivity contribution is 7.80. The molecule has 1 rings (SSSR count). The maximum atomic E-state index is 5.25. The molecule has 0 spiro atoms. The van der Waals surface area contributed by atoms with Gasteiger partial charge in [-0.05, 0) is 43.8 Å². The zero-order chi connectivity index (χ0) is 11.3. The molecule has 1 aromatic heterocycles. The smallest absolute Gasteiger partial charge is 0.169 e. The summed E-state index contributed by atoms with van der Waals surface area (Å²) in [4.78, 5) is 6.00. The summed E-state index contributed by atoms with van der Waals surface area (Å²) in [6.45, 7) is 4.96. The van der Waals surface area contributed by atoms with Crippen molar-refractivity contribution in [3.63, 3.8) is 0 Å². The van der Waals surface area contributed by atoms with Crippen LogP contribution in [0.4, 0.5) is 0 Å². The van der Waals surface area contributed by atoms with Gasteiger partial charge in [-0.3, -0.25) is 4.98 Å². The fourth-order valence-corrected chi connectivity index (χ4v) is 1.49. The second-order valence-corrected chi connectivity index (χ2v) is 4.20. The van der Waals surface area contributed by atoms with Crippen LogP contribution in [0.3, 0.4) is 0 Å². The van der Waals surface area contributed by atoms with Gasteiger partial charge in [0.1, 0.15) is 0 Å². The van der Waals surface area contributed by atoms with Crippen LogP contribution in [0, 0.1) is 0 Å². The molecule has 1 heterocycles. The molecule has 3 nitrogen and oxygen atoms in total. The van der Waals surface area contributed by atoms with Crippen LogP contribution in [0.1, 0.15) is 19.4 Å². The van der Waals surface area contributed by atoms with Gasteiger partial charge in [-0.1, -0.05) is 0 Å². The SMILES string of the molecule is CC(C)NC(=S)N(C)Cc1ccncc1. The van der Waals surface area contributed by atoms with Crippen LogP contribution in [0.5, 0.6) is 0 Å². The van der Waals surface area contributed by atoms with E-state index in [1.54, 1.807) is 12.4 Å². The number of thiocarbonyl (C=S) groups is 1. The Morgan fingerprint density at radius 3 is 2.60 bits per heavy atom. The highest BCUT2D eigenvalue weighted by Gasteiger charge is 2.05. The van der Waals surface area contributed by atoms with E-state index in [-0.39, 0.29) is 0 Å². The lowest BCUT2D eigenvalue weighted by atomic mass is 10.2. The van der Waals surface area contributed by atoms with Crippen molar-refractivity contribution in [3.05, 3.63) is 30.1 Å². The topological polar surface area (TPSA) is 28.2 Å². The first-order chi connectivity index (χ1) is 7.09. The van der Waals surface area contributed by atoms with E-state index in [9.17, 15) is 0 Å². The molecule has 0 aliphatic rings. The highest BCUT2D eigenvalue weighted by atomic mass is 32.1. The van der Waals surface area contributed by atoms with Gasteiger partial charge in [-0.25, -0.2) is 0 Å². The molecule has 4 heteroatoms. The van der Waals surface area contributed by atoms with Crippen molar-refractivity contribution in [2.45, 2.75) is 26.4 Å². The third kappa shape index (κ3) is 4.25. The first kappa shape index (κ1) is 11.9. The fraction of sp³-hybridized carbons (Fsp3) is 0.455. The molecule has 0 aromatic carbocycles. The highest BCUT2D eigenvalue weighted by Crippen LogP contribution is 2.01. The number of hydrogen-bond donors (Lipinski definition) is 1. The van der Waals surface area contributed by atoms with Gasteiger partial charge >= 0.3 is 0 Å². The molecule has 0 radical (unpaired) electrons. The number of aromatic nitrogens is 1. The minimum absolute atomic E-state index is 0.373. The van der Waals surface area contributed by atoms with Gasteiger partial charge < -0.3 is 10.2 Å². The van der Waals surface area contributed by atoms with Crippen molar-refractivity contribution >= 4 is 17.3 Å². The minimum Gasteiger partial charge on any atom is -0.360 e. The number of nitrogens with zero attached hydrogens (tertiary/aromatic N) is 2. The van der Waals surface area contributed by atoms with Crippen molar-refractivity contribution in [1.29, 1.82) is 0 Å². The van der Waals surface area contributed by atoms with E-state index in [4.69, 9.17) is 12.2 Å². The molecule has 0 atom stereocenters. The van der Waals surface area contributed by atoms with Gasteiger partial charge in [-0.15, -0.1) is 0 Å². The molecule has 0 fully saturated rings. The van der Waals surface area contributed by atoms with Crippen LogP contribution in [0.2, 0.25) is 0 Å². The third-order valence-electron chi connectivity index (χ3n) is 1.93. The van der Waals surface area contributed by atoms with Gasteiger partial charge in [0.25, 0.3) is 0 Å². The number of nitrogens with one attached hydrogen (secondary N) is 1. The number of pyridine rings is 1. The molecular weight excluding hydrogens is 206 g/mol. The Balaban J connectivity index is 2.49. The van der Waals surface area contributed by atoms with E-state index in [0.29, 0.717) is 6.04 Å². The average Bonchev–Trinajstić information content (AvgIpc) is 2.18. The lowest BCUT2D eigenvalue weighted by Gasteiger charge is -2.22. The second kappa shape index (κ2) is 5.66. The normalized spacial score (nSPS) is 10.1. The summed E-state index contributed by atoms with van der Waals surface area (Å²) in [5.41, 5.74) is 1.21. The molecule has 0 aliphatic heterocycles. The summed E-state index contributed by atoms with van der Waals surface area (Å²) in [6, 6.07) is 4.36. The zero-order valence-electron chi connectivity index (χ0n) is 9.40. The Hall–Kier alpha value is -1.16. The molecule has 0 amide bonds. The van der Waals surface area contributed by atoms with Gasteiger partial charge in [0.15, 0.2) is 5.11 Å². The quantitative estimate of drug-likeness (QED) is 0.791. The van der Waals surface area contributed by atoms with Gasteiger partial charge in [0.05, 0.1) is 0 Å². The lowest BCUT2D eigenvalue weighted by molar-refractivity contribution is 0.480. The Labute approximate surface area is 96.5 Å². The summed E-state index contributed by atoms with van der Waals surface area (Å²) in [7, 11) is 1.98. The van der Waals surface area contributed by atoms with E-state index >= 15 is 0 Å². The van der Waals surface area contributed by atoms with Gasteiger partial charge in [0.2, 0.25) is 0 Å². The van der Waals surface area contributed by atoms with Crippen molar-refractivity contribution < 1.29 is 0 Å². The molecule has 1 aromatic rings. The average molecular weight is 223 g/mol. The lowest BCUT2D eigenvalue weighted by Crippen LogP contribution is -2.40. The first-order valence-electron chi connectivity index (χ1n) is 5.00. The third-order valence-corrected chi connectivity index (χ3v) is 2.36. The van der Waals surface area contributed by atoms with Crippen molar-refractivity contribution in [3.8, 4) is 0 Å². The maximum absolute atomic E-state index is 5.25. The molecule has 0 unspecified atom stereocenters. The molecule has 0 bridgehead atoms. The van der Waals surface area contributed by atoms with Crippen LogP contribution in [-0.4, -0.2) is 28.1 Å². The zero-order valence-corrected chi connectivity index (χ0v) is 10.2. The largest absolute Gasteiger partial charge is 0.360 e. The fourth-order valence-electron chi connectivity index (χ4n) is 1.19. The van der Waals surface area contributed by atoms with Crippen molar-refractivity contribution in [2.75, 3.05) is 7.05 Å². The molecule has 0 aliphatic carbocycles. The molecule has 1 N–H and O–H groups in total. The summed E-state index contributed by atoms with van der Waals surface area (Å²) < 4.78 is 0. The Morgan fingerprint density at radius 1 is 1.47 bits per heavy atom.